The minimum absolute atomic E-state index is 0.0719. The number of benzene rings is 3. The van der Waals surface area contributed by atoms with Gasteiger partial charge in [-0.15, -0.1) is 0 Å². The van der Waals surface area contributed by atoms with Gasteiger partial charge in [-0.25, -0.2) is 9.59 Å². The quantitative estimate of drug-likeness (QED) is 0.108. The number of hydrogen-bond acceptors (Lipinski definition) is 9. The summed E-state index contributed by atoms with van der Waals surface area (Å²) in [6, 6.07) is 21.1. The number of amides is 4. The number of rotatable bonds is 15. The third kappa shape index (κ3) is 13.3. The van der Waals surface area contributed by atoms with Crippen molar-refractivity contribution < 1.29 is 38.4 Å². The number of alkyl carbamates (subject to hydrolysis) is 1. The van der Waals surface area contributed by atoms with Crippen LogP contribution in [0.5, 0.6) is 0 Å². The molecule has 0 radical (unpaired) electrons. The summed E-state index contributed by atoms with van der Waals surface area (Å²) in [7, 11) is 0. The molecule has 3 aromatic carbocycles. The Labute approximate surface area is 277 Å². The molecule has 254 valence electrons. The number of nitrogens with zero attached hydrogens (tertiary/aromatic N) is 1. The molecule has 14 heteroatoms. The van der Waals surface area contributed by atoms with Crippen LogP contribution in [-0.2, 0) is 48.1 Å². The molecule has 0 spiro atoms. The van der Waals surface area contributed by atoms with Crippen LogP contribution in [0.1, 0.15) is 37.5 Å². The van der Waals surface area contributed by atoms with E-state index in [1.54, 1.807) is 75.4 Å². The summed E-state index contributed by atoms with van der Waals surface area (Å²) < 4.78 is 10.6. The van der Waals surface area contributed by atoms with Crippen LogP contribution >= 0.6 is 0 Å². The Balaban J connectivity index is 1.68. The molecule has 0 unspecified atom stereocenters. The molecule has 0 saturated carbocycles. The predicted molar refractivity (Wildman–Crippen MR) is 174 cm³/mol. The second-order valence-electron chi connectivity index (χ2n) is 11.7. The lowest BCUT2D eigenvalue weighted by Crippen LogP contribution is -2.54. The first-order valence-corrected chi connectivity index (χ1v) is 15.1. The summed E-state index contributed by atoms with van der Waals surface area (Å²) in [6.07, 6.45) is -0.640. The van der Waals surface area contributed by atoms with E-state index in [1.807, 2.05) is 6.07 Å². The fraction of sp³-hybridized carbons (Fsp3) is 0.324. The highest BCUT2D eigenvalue weighted by Crippen LogP contribution is 2.14. The molecule has 0 aliphatic carbocycles. The third-order valence-electron chi connectivity index (χ3n) is 6.58. The SMILES string of the molecule is CC(C)(C)OC(=O)NCC(=O)NCC(=O)N[C@H](Cc1ccccc1)C(=O)N[C@@H](Cc1ccccc1)C(=O)OCc1ccc([N+](=O)[O-])cc1. The molecule has 0 aliphatic heterocycles. The van der Waals surface area contributed by atoms with E-state index >= 15 is 0 Å². The molecule has 0 heterocycles. The number of non-ortho nitro benzene ring substituents is 1. The van der Waals surface area contributed by atoms with Crippen molar-refractivity contribution in [3.8, 4) is 0 Å². The molecule has 14 nitrogen and oxygen atoms in total. The first-order chi connectivity index (χ1) is 22.8. The van der Waals surface area contributed by atoms with E-state index in [-0.39, 0.29) is 25.1 Å². The maximum absolute atomic E-state index is 13.6. The fourth-order valence-corrected chi connectivity index (χ4v) is 4.30. The minimum atomic E-state index is -1.15. The summed E-state index contributed by atoms with van der Waals surface area (Å²) in [5.74, 6) is -2.76. The Hall–Kier alpha value is -5.79. The monoisotopic (exact) mass is 661 g/mol. The number of ether oxygens (including phenoxy) is 2. The van der Waals surface area contributed by atoms with Crippen LogP contribution in [-0.4, -0.2) is 65.5 Å². The van der Waals surface area contributed by atoms with E-state index in [9.17, 15) is 34.1 Å². The summed E-state index contributed by atoms with van der Waals surface area (Å²) in [5.41, 5.74) is 1.11. The molecule has 48 heavy (non-hydrogen) atoms. The summed E-state index contributed by atoms with van der Waals surface area (Å²) in [4.78, 5) is 74.2. The molecule has 3 rings (SSSR count). The standard InChI is InChI=1S/C34H39N5O9/c1-34(2,3)48-33(44)36-20-29(40)35-21-30(41)37-27(18-23-10-6-4-7-11-23)31(42)38-28(19-24-12-8-5-9-13-24)32(43)47-22-25-14-16-26(17-15-25)39(45)46/h4-17,27-28H,18-22H2,1-3H3,(H,35,40)(H,36,44)(H,37,41)(H,38,42)/t27-,28+/m1/s1. The van der Waals surface area contributed by atoms with Gasteiger partial charge in [-0.3, -0.25) is 24.5 Å². The first kappa shape index (κ1) is 36.7. The number of nitro groups is 1. The average molecular weight is 662 g/mol. The van der Waals surface area contributed by atoms with Gasteiger partial charge in [0, 0.05) is 25.0 Å². The van der Waals surface area contributed by atoms with E-state index in [0.29, 0.717) is 5.56 Å². The Morgan fingerprint density at radius 2 is 1.25 bits per heavy atom. The van der Waals surface area contributed by atoms with Crippen molar-refractivity contribution in [2.45, 2.75) is 57.9 Å². The van der Waals surface area contributed by atoms with Crippen LogP contribution in [0.25, 0.3) is 0 Å². The van der Waals surface area contributed by atoms with Crippen molar-refractivity contribution in [2.75, 3.05) is 13.1 Å². The van der Waals surface area contributed by atoms with Crippen LogP contribution < -0.4 is 21.3 Å². The van der Waals surface area contributed by atoms with Crippen LogP contribution in [0, 0.1) is 10.1 Å². The zero-order valence-corrected chi connectivity index (χ0v) is 26.9. The average Bonchev–Trinajstić information content (AvgIpc) is 3.05. The fourth-order valence-electron chi connectivity index (χ4n) is 4.30. The van der Waals surface area contributed by atoms with Gasteiger partial charge in [0.05, 0.1) is 11.5 Å². The molecule has 0 aliphatic rings. The normalized spacial score (nSPS) is 12.1. The number of esters is 1. The summed E-state index contributed by atoms with van der Waals surface area (Å²) in [5, 5.41) is 20.9. The molecule has 0 bridgehead atoms. The van der Waals surface area contributed by atoms with Gasteiger partial charge in [-0.1, -0.05) is 60.7 Å². The van der Waals surface area contributed by atoms with Crippen molar-refractivity contribution in [1.82, 2.24) is 21.3 Å². The lowest BCUT2D eigenvalue weighted by molar-refractivity contribution is -0.384. The molecule has 4 N–H and O–H groups in total. The van der Waals surface area contributed by atoms with E-state index in [4.69, 9.17) is 9.47 Å². The number of carbonyl (C=O) groups excluding carboxylic acids is 5. The van der Waals surface area contributed by atoms with Crippen molar-refractivity contribution in [3.63, 3.8) is 0 Å². The smallest absolute Gasteiger partial charge is 0.408 e. The van der Waals surface area contributed by atoms with Gasteiger partial charge in [0.1, 0.15) is 30.8 Å². The Kier molecular flexibility index (Phi) is 13.6. The van der Waals surface area contributed by atoms with Crippen molar-refractivity contribution >= 4 is 35.5 Å². The highest BCUT2D eigenvalue weighted by molar-refractivity contribution is 5.93. The van der Waals surface area contributed by atoms with Crippen LogP contribution in [0.2, 0.25) is 0 Å². The predicted octanol–water partition coefficient (Wildman–Crippen LogP) is 2.73. The molecule has 3 aromatic rings. The zero-order chi connectivity index (χ0) is 35.1. The van der Waals surface area contributed by atoms with Gasteiger partial charge in [-0.2, -0.15) is 0 Å². The zero-order valence-electron chi connectivity index (χ0n) is 26.9. The van der Waals surface area contributed by atoms with Gasteiger partial charge in [-0.05, 0) is 49.6 Å². The maximum atomic E-state index is 13.6. The first-order valence-electron chi connectivity index (χ1n) is 15.1. The van der Waals surface area contributed by atoms with Crippen LogP contribution in [0.4, 0.5) is 10.5 Å². The molecule has 2 atom stereocenters. The molecule has 0 aromatic heterocycles. The number of nitrogens with one attached hydrogen (secondary N) is 4. The Morgan fingerprint density at radius 3 is 1.79 bits per heavy atom. The summed E-state index contributed by atoms with van der Waals surface area (Å²) in [6.45, 7) is 3.91. The number of nitro benzene ring substituents is 1. The van der Waals surface area contributed by atoms with Gasteiger partial charge in [0.2, 0.25) is 17.7 Å². The van der Waals surface area contributed by atoms with E-state index < -0.39 is 65.5 Å². The third-order valence-corrected chi connectivity index (χ3v) is 6.58. The maximum Gasteiger partial charge on any atom is 0.408 e. The highest BCUT2D eigenvalue weighted by atomic mass is 16.6. The van der Waals surface area contributed by atoms with Gasteiger partial charge in [0.25, 0.3) is 5.69 Å². The van der Waals surface area contributed by atoms with Crippen LogP contribution in [0.15, 0.2) is 84.9 Å². The largest absolute Gasteiger partial charge is 0.459 e. The van der Waals surface area contributed by atoms with Gasteiger partial charge < -0.3 is 30.7 Å². The lowest BCUT2D eigenvalue weighted by Gasteiger charge is -2.23. The van der Waals surface area contributed by atoms with E-state index in [1.165, 1.54) is 24.3 Å². The Bertz CT molecular complexity index is 1560. The second kappa shape index (κ2) is 17.8. The molecule has 0 fully saturated rings. The topological polar surface area (TPSA) is 195 Å². The number of carbonyl (C=O) groups is 5. The van der Waals surface area contributed by atoms with E-state index in [2.05, 4.69) is 21.3 Å². The molecule has 0 saturated heterocycles. The summed E-state index contributed by atoms with van der Waals surface area (Å²) >= 11 is 0. The van der Waals surface area contributed by atoms with E-state index in [0.717, 1.165) is 11.1 Å². The van der Waals surface area contributed by atoms with Crippen molar-refractivity contribution in [1.29, 1.82) is 0 Å². The second-order valence-corrected chi connectivity index (χ2v) is 11.7. The van der Waals surface area contributed by atoms with Gasteiger partial charge in [0.15, 0.2) is 0 Å². The van der Waals surface area contributed by atoms with Gasteiger partial charge >= 0.3 is 12.1 Å². The molecular formula is C34H39N5O9. The van der Waals surface area contributed by atoms with Crippen LogP contribution in [0.3, 0.4) is 0 Å². The molecule has 4 amide bonds. The molecular weight excluding hydrogens is 622 g/mol. The Morgan fingerprint density at radius 1 is 0.708 bits per heavy atom. The lowest BCUT2D eigenvalue weighted by atomic mass is 10.0. The van der Waals surface area contributed by atoms with Crippen molar-refractivity contribution in [2.24, 2.45) is 0 Å². The highest BCUT2D eigenvalue weighted by Gasteiger charge is 2.28. The number of hydrogen-bond donors (Lipinski definition) is 4. The minimum Gasteiger partial charge on any atom is -0.459 e. The van der Waals surface area contributed by atoms with Crippen molar-refractivity contribution in [3.05, 3.63) is 112 Å².